The van der Waals surface area contributed by atoms with E-state index in [-0.39, 0.29) is 24.5 Å². The number of thiophene rings is 1. The van der Waals surface area contributed by atoms with Crippen molar-refractivity contribution in [2.45, 2.75) is 18.9 Å². The van der Waals surface area contributed by atoms with Crippen molar-refractivity contribution in [3.63, 3.8) is 0 Å². The SMILES string of the molecule is O=C(NCC(=O)N1CCC(O)CC1)c1cccs1. The Morgan fingerprint density at radius 1 is 1.44 bits per heavy atom. The van der Waals surface area contributed by atoms with Gasteiger partial charge in [0, 0.05) is 13.1 Å². The second-order valence-electron chi connectivity index (χ2n) is 4.27. The number of piperidine rings is 1. The molecule has 1 saturated heterocycles. The van der Waals surface area contributed by atoms with Crippen molar-refractivity contribution in [1.29, 1.82) is 0 Å². The predicted octanol–water partition coefficient (Wildman–Crippen LogP) is 0.461. The van der Waals surface area contributed by atoms with Gasteiger partial charge in [-0.25, -0.2) is 0 Å². The number of aliphatic hydroxyl groups excluding tert-OH is 1. The Balaban J connectivity index is 1.76. The molecule has 0 aromatic carbocycles. The van der Waals surface area contributed by atoms with E-state index in [1.807, 2.05) is 5.38 Å². The zero-order valence-corrected chi connectivity index (χ0v) is 10.8. The number of likely N-dealkylation sites (tertiary alicyclic amines) is 1. The largest absolute Gasteiger partial charge is 0.393 e. The summed E-state index contributed by atoms with van der Waals surface area (Å²) < 4.78 is 0. The molecule has 1 aromatic heterocycles. The molecule has 2 amide bonds. The summed E-state index contributed by atoms with van der Waals surface area (Å²) in [6, 6.07) is 3.52. The Bertz CT molecular complexity index is 411. The highest BCUT2D eigenvalue weighted by molar-refractivity contribution is 7.12. The fourth-order valence-corrected chi connectivity index (χ4v) is 2.52. The molecule has 18 heavy (non-hydrogen) atoms. The average molecular weight is 268 g/mol. The molecule has 0 saturated carbocycles. The van der Waals surface area contributed by atoms with E-state index < -0.39 is 0 Å². The third-order valence-electron chi connectivity index (χ3n) is 2.96. The summed E-state index contributed by atoms with van der Waals surface area (Å²) in [4.78, 5) is 25.7. The second kappa shape index (κ2) is 5.97. The highest BCUT2D eigenvalue weighted by atomic mass is 32.1. The molecule has 0 radical (unpaired) electrons. The molecular weight excluding hydrogens is 252 g/mol. The lowest BCUT2D eigenvalue weighted by Gasteiger charge is -2.29. The summed E-state index contributed by atoms with van der Waals surface area (Å²) in [5.74, 6) is -0.304. The summed E-state index contributed by atoms with van der Waals surface area (Å²) in [5, 5.41) is 13.8. The molecule has 2 rings (SSSR count). The highest BCUT2D eigenvalue weighted by Gasteiger charge is 2.21. The van der Waals surface area contributed by atoms with Crippen molar-refractivity contribution in [3.8, 4) is 0 Å². The first kappa shape index (κ1) is 13.0. The molecule has 0 spiro atoms. The molecule has 0 atom stereocenters. The summed E-state index contributed by atoms with van der Waals surface area (Å²) in [6.45, 7) is 1.15. The molecule has 1 fully saturated rings. The van der Waals surface area contributed by atoms with Crippen LogP contribution >= 0.6 is 11.3 Å². The first-order chi connectivity index (χ1) is 8.66. The van der Waals surface area contributed by atoms with Crippen LogP contribution in [0.2, 0.25) is 0 Å². The van der Waals surface area contributed by atoms with E-state index in [9.17, 15) is 14.7 Å². The van der Waals surface area contributed by atoms with Gasteiger partial charge in [-0.05, 0) is 24.3 Å². The van der Waals surface area contributed by atoms with Crippen LogP contribution in [-0.2, 0) is 4.79 Å². The lowest BCUT2D eigenvalue weighted by Crippen LogP contribution is -2.44. The Morgan fingerprint density at radius 3 is 2.78 bits per heavy atom. The minimum Gasteiger partial charge on any atom is -0.393 e. The maximum atomic E-state index is 11.8. The molecule has 0 bridgehead atoms. The maximum Gasteiger partial charge on any atom is 0.261 e. The monoisotopic (exact) mass is 268 g/mol. The van der Waals surface area contributed by atoms with Crippen LogP contribution in [0.3, 0.4) is 0 Å². The molecule has 0 unspecified atom stereocenters. The van der Waals surface area contributed by atoms with Gasteiger partial charge in [0.25, 0.3) is 5.91 Å². The van der Waals surface area contributed by atoms with E-state index in [1.54, 1.807) is 17.0 Å². The van der Waals surface area contributed by atoms with Gasteiger partial charge in [-0.1, -0.05) is 6.07 Å². The highest BCUT2D eigenvalue weighted by Crippen LogP contribution is 2.10. The van der Waals surface area contributed by atoms with Crippen molar-refractivity contribution >= 4 is 23.2 Å². The van der Waals surface area contributed by atoms with Gasteiger partial charge in [0.1, 0.15) is 0 Å². The zero-order valence-electron chi connectivity index (χ0n) is 9.96. The van der Waals surface area contributed by atoms with Gasteiger partial charge >= 0.3 is 0 Å². The number of nitrogens with zero attached hydrogens (tertiary/aromatic N) is 1. The van der Waals surface area contributed by atoms with Crippen LogP contribution < -0.4 is 5.32 Å². The topological polar surface area (TPSA) is 69.6 Å². The van der Waals surface area contributed by atoms with Crippen molar-refractivity contribution in [2.75, 3.05) is 19.6 Å². The number of hydrogen-bond acceptors (Lipinski definition) is 4. The van der Waals surface area contributed by atoms with E-state index in [2.05, 4.69) is 5.32 Å². The molecule has 2 heterocycles. The molecule has 2 N–H and O–H groups in total. The minimum atomic E-state index is -0.297. The van der Waals surface area contributed by atoms with Crippen LogP contribution in [0.1, 0.15) is 22.5 Å². The van der Waals surface area contributed by atoms with Crippen molar-refractivity contribution in [2.24, 2.45) is 0 Å². The second-order valence-corrected chi connectivity index (χ2v) is 5.22. The van der Waals surface area contributed by atoms with Crippen molar-refractivity contribution < 1.29 is 14.7 Å². The van der Waals surface area contributed by atoms with Crippen molar-refractivity contribution in [1.82, 2.24) is 10.2 Å². The van der Waals surface area contributed by atoms with E-state index >= 15 is 0 Å². The zero-order chi connectivity index (χ0) is 13.0. The van der Waals surface area contributed by atoms with Crippen molar-refractivity contribution in [3.05, 3.63) is 22.4 Å². The van der Waals surface area contributed by atoms with Gasteiger partial charge < -0.3 is 15.3 Å². The first-order valence-electron chi connectivity index (χ1n) is 5.94. The fourth-order valence-electron chi connectivity index (χ4n) is 1.88. The van der Waals surface area contributed by atoms with Crippen LogP contribution in [0.4, 0.5) is 0 Å². The van der Waals surface area contributed by atoms with Gasteiger partial charge in [0.2, 0.25) is 5.91 Å². The Hall–Kier alpha value is -1.40. The van der Waals surface area contributed by atoms with E-state index in [4.69, 9.17) is 0 Å². The van der Waals surface area contributed by atoms with E-state index in [1.165, 1.54) is 11.3 Å². The minimum absolute atomic E-state index is 0.0207. The predicted molar refractivity (Wildman–Crippen MR) is 68.5 cm³/mol. The smallest absolute Gasteiger partial charge is 0.261 e. The fraction of sp³-hybridized carbons (Fsp3) is 0.500. The van der Waals surface area contributed by atoms with Gasteiger partial charge in [-0.15, -0.1) is 11.3 Å². The van der Waals surface area contributed by atoms with Gasteiger partial charge in [-0.2, -0.15) is 0 Å². The molecule has 1 aliphatic rings. The molecular formula is C12H16N2O3S. The Labute approximate surface area is 109 Å². The molecule has 5 nitrogen and oxygen atoms in total. The van der Waals surface area contributed by atoms with Crippen LogP contribution in [0.25, 0.3) is 0 Å². The third kappa shape index (κ3) is 3.30. The molecule has 1 aliphatic heterocycles. The van der Waals surface area contributed by atoms with E-state index in [0.29, 0.717) is 30.8 Å². The molecule has 0 aliphatic carbocycles. The van der Waals surface area contributed by atoms with Gasteiger partial charge in [-0.3, -0.25) is 9.59 Å². The molecule has 98 valence electrons. The van der Waals surface area contributed by atoms with Crippen LogP contribution in [0.15, 0.2) is 17.5 Å². The van der Waals surface area contributed by atoms with Crippen LogP contribution in [-0.4, -0.2) is 47.6 Å². The Kier molecular flexibility index (Phi) is 4.33. The summed E-state index contributed by atoms with van der Waals surface area (Å²) in [7, 11) is 0. The number of aliphatic hydroxyl groups is 1. The van der Waals surface area contributed by atoms with Crippen LogP contribution in [0, 0.1) is 0 Å². The standard InChI is InChI=1S/C12H16N2O3S/c15-9-3-5-14(6-4-9)11(16)8-13-12(17)10-2-1-7-18-10/h1-2,7,9,15H,3-6,8H2,(H,13,17). The summed E-state index contributed by atoms with van der Waals surface area (Å²) >= 11 is 1.35. The lowest BCUT2D eigenvalue weighted by molar-refractivity contribution is -0.132. The Morgan fingerprint density at radius 2 is 2.17 bits per heavy atom. The first-order valence-corrected chi connectivity index (χ1v) is 6.82. The maximum absolute atomic E-state index is 11.8. The van der Waals surface area contributed by atoms with Gasteiger partial charge in [0.05, 0.1) is 17.5 Å². The lowest BCUT2D eigenvalue weighted by atomic mass is 10.1. The number of carbonyl (C=O) groups is 2. The molecule has 1 aromatic rings. The number of amides is 2. The number of rotatable bonds is 3. The third-order valence-corrected chi connectivity index (χ3v) is 3.83. The summed E-state index contributed by atoms with van der Waals surface area (Å²) in [6.07, 6.45) is 0.935. The number of hydrogen-bond donors (Lipinski definition) is 2. The number of nitrogens with one attached hydrogen (secondary N) is 1. The summed E-state index contributed by atoms with van der Waals surface area (Å²) in [5.41, 5.74) is 0. The number of carbonyl (C=O) groups excluding carboxylic acids is 2. The van der Waals surface area contributed by atoms with E-state index in [0.717, 1.165) is 0 Å². The van der Waals surface area contributed by atoms with Gasteiger partial charge in [0.15, 0.2) is 0 Å². The molecule has 6 heteroatoms. The normalized spacial score (nSPS) is 16.6. The quantitative estimate of drug-likeness (QED) is 0.837. The van der Waals surface area contributed by atoms with Crippen LogP contribution in [0.5, 0.6) is 0 Å². The average Bonchev–Trinajstić information content (AvgIpc) is 2.90.